The molecule has 5 nitrogen and oxygen atoms in total. The molecule has 2 heterocycles. The standard InChI is InChI=1S/C18H21ClN4O/c1-11(2)17-21-20-16-10-22(6-7-23(16)17)18(24)15-9-14(15)12-4-3-5-13(19)8-12/h3-5,8,11,14-15H,6-7,9-10H2,1-2H3/t14-,15-/m1/s1. The fraction of sp³-hybridized carbons (Fsp3) is 0.500. The Balaban J connectivity index is 1.45. The highest BCUT2D eigenvalue weighted by molar-refractivity contribution is 6.30. The van der Waals surface area contributed by atoms with Gasteiger partial charge in [0.15, 0.2) is 5.82 Å². The minimum atomic E-state index is 0.0857. The number of carbonyl (C=O) groups is 1. The quantitative estimate of drug-likeness (QED) is 0.859. The van der Waals surface area contributed by atoms with Gasteiger partial charge in [0, 0.05) is 29.9 Å². The molecular weight excluding hydrogens is 324 g/mol. The highest BCUT2D eigenvalue weighted by Crippen LogP contribution is 2.49. The Bertz CT molecular complexity index is 785. The summed E-state index contributed by atoms with van der Waals surface area (Å²) in [6, 6.07) is 7.86. The molecule has 1 aliphatic heterocycles. The second kappa shape index (κ2) is 5.88. The van der Waals surface area contributed by atoms with Gasteiger partial charge < -0.3 is 9.47 Å². The van der Waals surface area contributed by atoms with Crippen LogP contribution < -0.4 is 0 Å². The molecule has 0 radical (unpaired) electrons. The van der Waals surface area contributed by atoms with Gasteiger partial charge in [0.2, 0.25) is 5.91 Å². The van der Waals surface area contributed by atoms with E-state index >= 15 is 0 Å². The Hall–Kier alpha value is -1.88. The van der Waals surface area contributed by atoms with E-state index in [9.17, 15) is 4.79 Å². The molecule has 4 rings (SSSR count). The lowest BCUT2D eigenvalue weighted by Gasteiger charge is -2.28. The van der Waals surface area contributed by atoms with Crippen LogP contribution in [0.1, 0.15) is 49.3 Å². The van der Waals surface area contributed by atoms with Crippen LogP contribution in [0.3, 0.4) is 0 Å². The lowest BCUT2D eigenvalue weighted by Crippen LogP contribution is -2.39. The molecular formula is C18H21ClN4O. The summed E-state index contributed by atoms with van der Waals surface area (Å²) in [5.41, 5.74) is 1.17. The van der Waals surface area contributed by atoms with Crippen LogP contribution in [0.2, 0.25) is 5.02 Å². The van der Waals surface area contributed by atoms with Gasteiger partial charge >= 0.3 is 0 Å². The highest BCUT2D eigenvalue weighted by Gasteiger charge is 2.46. The van der Waals surface area contributed by atoms with E-state index in [0.717, 1.165) is 36.2 Å². The first kappa shape index (κ1) is 15.6. The van der Waals surface area contributed by atoms with E-state index < -0.39 is 0 Å². The van der Waals surface area contributed by atoms with Crippen molar-refractivity contribution in [2.24, 2.45) is 5.92 Å². The minimum absolute atomic E-state index is 0.0857. The van der Waals surface area contributed by atoms with E-state index in [2.05, 4.69) is 34.7 Å². The second-order valence-electron chi connectivity index (χ2n) is 7.04. The molecule has 0 spiro atoms. The number of rotatable bonds is 3. The van der Waals surface area contributed by atoms with Crippen molar-refractivity contribution in [1.82, 2.24) is 19.7 Å². The first-order valence-corrected chi connectivity index (χ1v) is 8.88. The van der Waals surface area contributed by atoms with Crippen LogP contribution in [0.4, 0.5) is 0 Å². The SMILES string of the molecule is CC(C)c1nnc2n1CCN(C(=O)[C@@H]1C[C@@H]1c1cccc(Cl)c1)C2. The number of hydrogen-bond donors (Lipinski definition) is 0. The van der Waals surface area contributed by atoms with E-state index in [0.29, 0.717) is 18.4 Å². The third kappa shape index (κ3) is 2.71. The smallest absolute Gasteiger partial charge is 0.226 e. The van der Waals surface area contributed by atoms with Crippen LogP contribution in [0.5, 0.6) is 0 Å². The van der Waals surface area contributed by atoms with Crippen molar-refractivity contribution in [2.75, 3.05) is 6.54 Å². The number of benzene rings is 1. The van der Waals surface area contributed by atoms with E-state index in [-0.39, 0.29) is 11.8 Å². The molecule has 1 fully saturated rings. The van der Waals surface area contributed by atoms with Crippen molar-refractivity contribution < 1.29 is 4.79 Å². The first-order chi connectivity index (χ1) is 11.5. The second-order valence-corrected chi connectivity index (χ2v) is 7.48. The summed E-state index contributed by atoms with van der Waals surface area (Å²) in [4.78, 5) is 14.7. The lowest BCUT2D eigenvalue weighted by atomic mass is 10.1. The normalized spacial score (nSPS) is 22.6. The molecule has 0 N–H and O–H groups in total. The summed E-state index contributed by atoms with van der Waals surface area (Å²) in [5, 5.41) is 9.30. The first-order valence-electron chi connectivity index (χ1n) is 8.51. The van der Waals surface area contributed by atoms with Crippen molar-refractivity contribution in [1.29, 1.82) is 0 Å². The van der Waals surface area contributed by atoms with Crippen molar-refractivity contribution in [3.63, 3.8) is 0 Å². The van der Waals surface area contributed by atoms with Crippen LogP contribution in [0.15, 0.2) is 24.3 Å². The summed E-state index contributed by atoms with van der Waals surface area (Å²) >= 11 is 6.06. The topological polar surface area (TPSA) is 51.0 Å². The predicted molar refractivity (Wildman–Crippen MR) is 91.8 cm³/mol. The average Bonchev–Trinajstić information content (AvgIpc) is 3.25. The largest absolute Gasteiger partial charge is 0.333 e. The van der Waals surface area contributed by atoms with E-state index in [1.54, 1.807) is 0 Å². The van der Waals surface area contributed by atoms with Crippen molar-refractivity contribution in [2.45, 2.75) is 45.2 Å². The Morgan fingerprint density at radius 1 is 1.29 bits per heavy atom. The molecule has 6 heteroatoms. The van der Waals surface area contributed by atoms with Gasteiger partial charge in [-0.05, 0) is 30.0 Å². The van der Waals surface area contributed by atoms with Crippen LogP contribution in [-0.2, 0) is 17.9 Å². The molecule has 2 atom stereocenters. The Kier molecular flexibility index (Phi) is 3.83. The molecule has 126 valence electrons. The predicted octanol–water partition coefficient (Wildman–Crippen LogP) is 3.20. The van der Waals surface area contributed by atoms with Gasteiger partial charge in [0.1, 0.15) is 5.82 Å². The maximum absolute atomic E-state index is 12.8. The molecule has 0 bridgehead atoms. The van der Waals surface area contributed by atoms with Crippen molar-refractivity contribution in [3.05, 3.63) is 46.5 Å². The molecule has 2 aliphatic rings. The highest BCUT2D eigenvalue weighted by atomic mass is 35.5. The van der Waals surface area contributed by atoms with Crippen LogP contribution >= 0.6 is 11.6 Å². The Morgan fingerprint density at radius 3 is 2.88 bits per heavy atom. The van der Waals surface area contributed by atoms with Gasteiger partial charge in [-0.1, -0.05) is 37.6 Å². The van der Waals surface area contributed by atoms with Gasteiger partial charge in [0.05, 0.1) is 6.54 Å². The van der Waals surface area contributed by atoms with E-state index in [1.807, 2.05) is 23.1 Å². The summed E-state index contributed by atoms with van der Waals surface area (Å²) in [6.07, 6.45) is 0.916. The third-order valence-corrected chi connectivity index (χ3v) is 5.23. The molecule has 1 saturated carbocycles. The Morgan fingerprint density at radius 2 is 2.12 bits per heavy atom. The van der Waals surface area contributed by atoms with E-state index in [1.165, 1.54) is 5.56 Å². The number of carbonyl (C=O) groups excluding carboxylic acids is 1. The monoisotopic (exact) mass is 344 g/mol. The summed E-state index contributed by atoms with van der Waals surface area (Å²) in [5.74, 6) is 2.90. The third-order valence-electron chi connectivity index (χ3n) is 4.99. The van der Waals surface area contributed by atoms with Crippen LogP contribution in [-0.4, -0.2) is 32.1 Å². The number of aromatic nitrogens is 3. The Labute approximate surface area is 146 Å². The van der Waals surface area contributed by atoms with Crippen molar-refractivity contribution in [3.8, 4) is 0 Å². The van der Waals surface area contributed by atoms with Crippen LogP contribution in [0, 0.1) is 5.92 Å². The number of amides is 1. The van der Waals surface area contributed by atoms with Gasteiger partial charge in [0.25, 0.3) is 0 Å². The lowest BCUT2D eigenvalue weighted by molar-refractivity contribution is -0.134. The number of nitrogens with zero attached hydrogens (tertiary/aromatic N) is 4. The fourth-order valence-electron chi connectivity index (χ4n) is 3.60. The maximum Gasteiger partial charge on any atom is 0.226 e. The number of hydrogen-bond acceptors (Lipinski definition) is 3. The van der Waals surface area contributed by atoms with Gasteiger partial charge in [-0.2, -0.15) is 0 Å². The molecule has 0 saturated heterocycles. The van der Waals surface area contributed by atoms with Gasteiger partial charge in [-0.15, -0.1) is 10.2 Å². The molecule has 1 amide bonds. The zero-order valence-corrected chi connectivity index (χ0v) is 14.7. The zero-order chi connectivity index (χ0) is 16.8. The fourth-order valence-corrected chi connectivity index (χ4v) is 3.80. The van der Waals surface area contributed by atoms with E-state index in [4.69, 9.17) is 11.6 Å². The molecule has 24 heavy (non-hydrogen) atoms. The summed E-state index contributed by atoms with van der Waals surface area (Å²) in [6.45, 7) is 6.33. The van der Waals surface area contributed by atoms with Crippen LogP contribution in [0.25, 0.3) is 0 Å². The summed E-state index contributed by atoms with van der Waals surface area (Å²) in [7, 11) is 0. The zero-order valence-electron chi connectivity index (χ0n) is 13.9. The number of fused-ring (bicyclic) bond motifs is 1. The van der Waals surface area contributed by atoms with Crippen molar-refractivity contribution >= 4 is 17.5 Å². The average molecular weight is 345 g/mol. The molecule has 1 aliphatic carbocycles. The molecule has 0 unspecified atom stereocenters. The van der Waals surface area contributed by atoms with Gasteiger partial charge in [-0.25, -0.2) is 0 Å². The minimum Gasteiger partial charge on any atom is -0.333 e. The maximum atomic E-state index is 12.8. The van der Waals surface area contributed by atoms with Gasteiger partial charge in [-0.3, -0.25) is 4.79 Å². The molecule has 1 aromatic heterocycles. The summed E-state index contributed by atoms with van der Waals surface area (Å²) < 4.78 is 2.16. The number of halogens is 1. The molecule has 1 aromatic carbocycles. The molecule has 2 aromatic rings.